The maximum atomic E-state index is 5.87. The van der Waals surface area contributed by atoms with Crippen LogP contribution in [-0.2, 0) is 11.2 Å². The molecule has 0 fully saturated rings. The summed E-state index contributed by atoms with van der Waals surface area (Å²) in [5.41, 5.74) is 14.0. The molecular weight excluding hydrogens is 286 g/mol. The van der Waals surface area contributed by atoms with Crippen molar-refractivity contribution in [3.8, 4) is 11.1 Å². The van der Waals surface area contributed by atoms with Crippen molar-refractivity contribution in [1.82, 2.24) is 9.97 Å². The summed E-state index contributed by atoms with van der Waals surface area (Å²) < 4.78 is 5.22. The van der Waals surface area contributed by atoms with Crippen molar-refractivity contribution >= 4 is 16.7 Å². The highest BCUT2D eigenvalue weighted by atomic mass is 16.5. The summed E-state index contributed by atoms with van der Waals surface area (Å²) in [6.45, 7) is 6.97. The Labute approximate surface area is 136 Å². The zero-order valence-electron chi connectivity index (χ0n) is 14.2. The molecule has 3 aromatic rings. The molecule has 4 nitrogen and oxygen atoms in total. The van der Waals surface area contributed by atoms with Crippen molar-refractivity contribution in [2.45, 2.75) is 27.2 Å². The molecule has 23 heavy (non-hydrogen) atoms. The molecule has 0 unspecified atom stereocenters. The lowest BCUT2D eigenvalue weighted by molar-refractivity contribution is 0.201. The molecule has 0 aliphatic carbocycles. The third-order valence-corrected chi connectivity index (χ3v) is 4.44. The third-order valence-electron chi connectivity index (χ3n) is 4.44. The molecule has 0 atom stereocenters. The Morgan fingerprint density at radius 1 is 1.22 bits per heavy atom. The SMILES string of the molecule is COCCc1[nH]c2c(-c3c(C)cc(N)nc3C)cccc2c1C. The molecular formula is C19H23N3O. The smallest absolute Gasteiger partial charge is 0.123 e. The zero-order valence-corrected chi connectivity index (χ0v) is 14.2. The second-order valence-corrected chi connectivity index (χ2v) is 6.02. The van der Waals surface area contributed by atoms with E-state index in [-0.39, 0.29) is 0 Å². The van der Waals surface area contributed by atoms with Gasteiger partial charge in [-0.1, -0.05) is 18.2 Å². The fraction of sp³-hybridized carbons (Fsp3) is 0.316. The van der Waals surface area contributed by atoms with Crippen molar-refractivity contribution in [1.29, 1.82) is 0 Å². The molecule has 120 valence electrons. The maximum absolute atomic E-state index is 5.87. The van der Waals surface area contributed by atoms with Crippen LogP contribution in [0, 0.1) is 20.8 Å². The first kappa shape index (κ1) is 15.6. The minimum Gasteiger partial charge on any atom is -0.384 e. The van der Waals surface area contributed by atoms with Gasteiger partial charge in [-0.15, -0.1) is 0 Å². The number of aromatic nitrogens is 2. The molecule has 3 N–H and O–H groups in total. The summed E-state index contributed by atoms with van der Waals surface area (Å²) in [5.74, 6) is 0.569. The highest BCUT2D eigenvalue weighted by Gasteiger charge is 2.15. The summed E-state index contributed by atoms with van der Waals surface area (Å²) in [5, 5.41) is 1.25. The lowest BCUT2D eigenvalue weighted by Gasteiger charge is -2.11. The molecule has 0 aliphatic rings. The van der Waals surface area contributed by atoms with Crippen LogP contribution in [0.25, 0.3) is 22.0 Å². The van der Waals surface area contributed by atoms with Gasteiger partial charge >= 0.3 is 0 Å². The Morgan fingerprint density at radius 3 is 2.70 bits per heavy atom. The Kier molecular flexibility index (Phi) is 4.09. The number of methoxy groups -OCH3 is 1. The van der Waals surface area contributed by atoms with Gasteiger partial charge in [-0.05, 0) is 38.0 Å². The van der Waals surface area contributed by atoms with Gasteiger partial charge in [-0.2, -0.15) is 0 Å². The van der Waals surface area contributed by atoms with Crippen molar-refractivity contribution in [2.24, 2.45) is 0 Å². The fourth-order valence-electron chi connectivity index (χ4n) is 3.34. The molecule has 0 amide bonds. The van der Waals surface area contributed by atoms with Crippen molar-refractivity contribution in [3.05, 3.63) is 46.8 Å². The number of H-pyrrole nitrogens is 1. The second-order valence-electron chi connectivity index (χ2n) is 6.02. The molecule has 2 heterocycles. The Bertz CT molecular complexity index is 841. The number of hydrogen-bond donors (Lipinski definition) is 2. The predicted octanol–water partition coefficient (Wildman–Crippen LogP) is 3.93. The topological polar surface area (TPSA) is 63.9 Å². The molecule has 1 aromatic carbocycles. The van der Waals surface area contributed by atoms with Crippen molar-refractivity contribution < 1.29 is 4.74 Å². The normalized spacial score (nSPS) is 11.3. The number of ether oxygens (including phenoxy) is 1. The number of fused-ring (bicyclic) bond motifs is 1. The molecule has 4 heteroatoms. The van der Waals surface area contributed by atoms with E-state index in [9.17, 15) is 0 Å². The zero-order chi connectivity index (χ0) is 16.6. The number of nitrogens with two attached hydrogens (primary N) is 1. The number of para-hydroxylation sites is 1. The summed E-state index contributed by atoms with van der Waals surface area (Å²) in [6.07, 6.45) is 0.883. The lowest BCUT2D eigenvalue weighted by Crippen LogP contribution is -1.98. The first-order chi connectivity index (χ1) is 11.0. The van der Waals surface area contributed by atoms with Crippen LogP contribution in [0.4, 0.5) is 5.82 Å². The quantitative estimate of drug-likeness (QED) is 0.767. The maximum Gasteiger partial charge on any atom is 0.123 e. The van der Waals surface area contributed by atoms with Crippen LogP contribution in [0.3, 0.4) is 0 Å². The Morgan fingerprint density at radius 2 is 2.00 bits per heavy atom. The largest absolute Gasteiger partial charge is 0.384 e. The molecule has 2 aromatic heterocycles. The van der Waals surface area contributed by atoms with Crippen LogP contribution in [0.2, 0.25) is 0 Å². The van der Waals surface area contributed by atoms with Crippen LogP contribution in [0.15, 0.2) is 24.3 Å². The van der Waals surface area contributed by atoms with Crippen LogP contribution >= 0.6 is 0 Å². The standard InChI is InChI=1S/C19H23N3O/c1-11-10-17(20)21-13(3)18(11)15-7-5-6-14-12(2)16(8-9-23-4)22-19(14)15/h5-7,10,22H,8-9H2,1-4H3,(H2,20,21). The number of pyridine rings is 1. The molecule has 0 radical (unpaired) electrons. The van der Waals surface area contributed by atoms with Crippen molar-refractivity contribution in [3.63, 3.8) is 0 Å². The van der Waals surface area contributed by atoms with Gasteiger partial charge in [-0.3, -0.25) is 0 Å². The predicted molar refractivity (Wildman–Crippen MR) is 95.7 cm³/mol. The van der Waals surface area contributed by atoms with E-state index < -0.39 is 0 Å². The van der Waals surface area contributed by atoms with Crippen LogP contribution in [-0.4, -0.2) is 23.7 Å². The van der Waals surface area contributed by atoms with Gasteiger partial charge in [0.25, 0.3) is 0 Å². The Balaban J connectivity index is 2.23. The van der Waals surface area contributed by atoms with Gasteiger partial charge in [0.05, 0.1) is 12.1 Å². The average molecular weight is 309 g/mol. The first-order valence-corrected chi connectivity index (χ1v) is 7.86. The van der Waals surface area contributed by atoms with Crippen LogP contribution in [0.1, 0.15) is 22.5 Å². The number of aromatic amines is 1. The monoisotopic (exact) mass is 309 g/mol. The van der Waals surface area contributed by atoms with Gasteiger partial charge in [0.1, 0.15) is 5.82 Å². The van der Waals surface area contributed by atoms with E-state index in [0.29, 0.717) is 12.4 Å². The van der Waals surface area contributed by atoms with E-state index in [1.165, 1.54) is 22.2 Å². The molecule has 0 aliphatic heterocycles. The number of nitrogens with one attached hydrogen (secondary N) is 1. The van der Waals surface area contributed by atoms with Gasteiger partial charge in [-0.25, -0.2) is 4.98 Å². The minimum atomic E-state index is 0.569. The number of nitrogen functional groups attached to an aromatic ring is 1. The highest BCUT2D eigenvalue weighted by molar-refractivity contribution is 5.98. The summed E-state index contributed by atoms with van der Waals surface area (Å²) in [6, 6.07) is 8.35. The van der Waals surface area contributed by atoms with Gasteiger partial charge in [0.15, 0.2) is 0 Å². The van der Waals surface area contributed by atoms with Gasteiger partial charge in [0, 0.05) is 41.4 Å². The van der Waals surface area contributed by atoms with Crippen LogP contribution < -0.4 is 5.73 Å². The summed E-state index contributed by atoms with van der Waals surface area (Å²) in [4.78, 5) is 8.04. The third kappa shape index (κ3) is 2.70. The van der Waals surface area contributed by atoms with Crippen molar-refractivity contribution in [2.75, 3.05) is 19.5 Å². The number of anilines is 1. The molecule has 3 rings (SSSR count). The van der Waals surface area contributed by atoms with E-state index in [4.69, 9.17) is 10.5 Å². The van der Waals surface area contributed by atoms with E-state index in [1.807, 2.05) is 13.0 Å². The first-order valence-electron chi connectivity index (χ1n) is 7.86. The average Bonchev–Trinajstić information content (AvgIpc) is 2.82. The summed E-state index contributed by atoms with van der Waals surface area (Å²) >= 11 is 0. The summed E-state index contributed by atoms with van der Waals surface area (Å²) in [7, 11) is 1.73. The van der Waals surface area contributed by atoms with Gasteiger partial charge in [0.2, 0.25) is 0 Å². The number of aryl methyl sites for hydroxylation is 3. The lowest BCUT2D eigenvalue weighted by atomic mass is 9.97. The van der Waals surface area contributed by atoms with E-state index in [0.717, 1.165) is 28.8 Å². The minimum absolute atomic E-state index is 0.569. The van der Waals surface area contributed by atoms with Crippen LogP contribution in [0.5, 0.6) is 0 Å². The molecule has 0 saturated heterocycles. The second kappa shape index (κ2) is 6.05. The number of rotatable bonds is 4. The Hall–Kier alpha value is -2.33. The number of nitrogens with zero attached hydrogens (tertiary/aromatic N) is 1. The molecule has 0 bridgehead atoms. The molecule has 0 saturated carbocycles. The van der Waals surface area contributed by atoms with Gasteiger partial charge < -0.3 is 15.5 Å². The molecule has 0 spiro atoms. The number of hydrogen-bond acceptors (Lipinski definition) is 3. The van der Waals surface area contributed by atoms with E-state index >= 15 is 0 Å². The van der Waals surface area contributed by atoms with E-state index in [1.54, 1.807) is 7.11 Å². The van der Waals surface area contributed by atoms with E-state index in [2.05, 4.69) is 42.0 Å². The highest BCUT2D eigenvalue weighted by Crippen LogP contribution is 2.35. The fourth-order valence-corrected chi connectivity index (χ4v) is 3.34. The number of benzene rings is 1.